The van der Waals surface area contributed by atoms with Crippen LogP contribution in [0.1, 0.15) is 47.5 Å². The second kappa shape index (κ2) is 8.31. The van der Waals surface area contributed by atoms with Gasteiger partial charge in [-0.2, -0.15) is 0 Å². The first-order chi connectivity index (χ1) is 8.62. The minimum Gasteiger partial charge on any atom is -0.355 e. The summed E-state index contributed by atoms with van der Waals surface area (Å²) in [6.07, 6.45) is 1.60. The van der Waals surface area contributed by atoms with E-state index in [1.807, 2.05) is 11.9 Å². The molecule has 0 unspecified atom stereocenters. The summed E-state index contributed by atoms with van der Waals surface area (Å²) < 4.78 is 0. The van der Waals surface area contributed by atoms with Gasteiger partial charge < -0.3 is 5.32 Å². The molecule has 1 N–H and O–H groups in total. The number of likely N-dealkylation sites (N-methyl/N-ethyl adjacent to an activating group) is 1. The van der Waals surface area contributed by atoms with Crippen LogP contribution >= 0.6 is 0 Å². The van der Waals surface area contributed by atoms with E-state index in [1.54, 1.807) is 6.92 Å². The maximum atomic E-state index is 11.8. The molecule has 0 spiro atoms. The van der Waals surface area contributed by atoms with Crippen molar-refractivity contribution >= 4 is 11.7 Å². The van der Waals surface area contributed by atoms with Gasteiger partial charge in [-0.15, -0.1) is 0 Å². The Morgan fingerprint density at radius 3 is 2.32 bits per heavy atom. The number of nitrogens with one attached hydrogen (secondary N) is 1. The Morgan fingerprint density at radius 2 is 1.84 bits per heavy atom. The van der Waals surface area contributed by atoms with Crippen molar-refractivity contribution in [2.24, 2.45) is 11.3 Å². The molecule has 1 amide bonds. The highest BCUT2D eigenvalue weighted by atomic mass is 16.1. The van der Waals surface area contributed by atoms with Gasteiger partial charge in [-0.3, -0.25) is 14.5 Å². The fraction of sp³-hybridized carbons (Fsp3) is 0.867. The van der Waals surface area contributed by atoms with Gasteiger partial charge >= 0.3 is 0 Å². The van der Waals surface area contributed by atoms with Crippen molar-refractivity contribution in [1.82, 2.24) is 10.2 Å². The van der Waals surface area contributed by atoms with Crippen LogP contribution in [0.2, 0.25) is 0 Å². The Kier molecular flexibility index (Phi) is 7.91. The van der Waals surface area contributed by atoms with Crippen LogP contribution in [0.15, 0.2) is 0 Å². The molecule has 4 nitrogen and oxygen atoms in total. The van der Waals surface area contributed by atoms with Gasteiger partial charge in [-0.25, -0.2) is 0 Å². The molecule has 4 heteroatoms. The highest BCUT2D eigenvalue weighted by Gasteiger charge is 2.22. The number of hydrogen-bond acceptors (Lipinski definition) is 3. The highest BCUT2D eigenvalue weighted by molar-refractivity contribution is 5.77. The van der Waals surface area contributed by atoms with Crippen LogP contribution in [0, 0.1) is 11.3 Å². The molecule has 19 heavy (non-hydrogen) atoms. The van der Waals surface area contributed by atoms with Crippen LogP contribution in [0.4, 0.5) is 0 Å². The lowest BCUT2D eigenvalue weighted by Crippen LogP contribution is -2.36. The van der Waals surface area contributed by atoms with Crippen molar-refractivity contribution in [2.75, 3.05) is 26.7 Å². The zero-order chi connectivity index (χ0) is 15.1. The van der Waals surface area contributed by atoms with Crippen molar-refractivity contribution in [3.63, 3.8) is 0 Å². The number of carbonyl (C=O) groups is 2. The quantitative estimate of drug-likeness (QED) is 0.698. The predicted molar refractivity (Wildman–Crippen MR) is 79.0 cm³/mol. The highest BCUT2D eigenvalue weighted by Crippen LogP contribution is 2.28. The van der Waals surface area contributed by atoms with Gasteiger partial charge in [0.05, 0.1) is 6.54 Å². The van der Waals surface area contributed by atoms with E-state index in [2.05, 4.69) is 33.0 Å². The molecule has 0 atom stereocenters. The van der Waals surface area contributed by atoms with Crippen LogP contribution < -0.4 is 5.32 Å². The lowest BCUT2D eigenvalue weighted by Gasteiger charge is -2.26. The van der Waals surface area contributed by atoms with E-state index in [4.69, 9.17) is 0 Å². The van der Waals surface area contributed by atoms with Gasteiger partial charge in [0.1, 0.15) is 5.78 Å². The van der Waals surface area contributed by atoms with Gasteiger partial charge in [0.2, 0.25) is 5.91 Å². The molecule has 112 valence electrons. The number of Topliss-reactive ketones (excluding diaryl/α,β-unsaturated/α-hetero) is 1. The Bertz CT molecular complexity index is 299. The van der Waals surface area contributed by atoms with E-state index in [-0.39, 0.29) is 17.1 Å². The van der Waals surface area contributed by atoms with Crippen molar-refractivity contribution in [3.05, 3.63) is 0 Å². The number of ketones is 1. The molecule has 0 aliphatic carbocycles. The van der Waals surface area contributed by atoms with Gasteiger partial charge in [0.15, 0.2) is 0 Å². The topological polar surface area (TPSA) is 49.4 Å². The molecular formula is C15H30N2O2. The van der Waals surface area contributed by atoms with Gasteiger partial charge in [0, 0.05) is 19.5 Å². The first kappa shape index (κ1) is 18.1. The van der Waals surface area contributed by atoms with E-state index >= 15 is 0 Å². The van der Waals surface area contributed by atoms with Crippen molar-refractivity contribution in [2.45, 2.75) is 47.5 Å². The molecule has 0 saturated heterocycles. The monoisotopic (exact) mass is 270 g/mol. The number of amides is 1. The number of carbonyl (C=O) groups excluding carboxylic acids is 2. The minimum atomic E-state index is 0.0452. The molecule has 0 aliphatic rings. The Morgan fingerprint density at radius 1 is 1.26 bits per heavy atom. The molecule has 0 saturated carbocycles. The summed E-state index contributed by atoms with van der Waals surface area (Å²) in [5, 5.41) is 2.92. The number of hydrogen-bond donors (Lipinski definition) is 1. The third-order valence-electron chi connectivity index (χ3n) is 2.91. The minimum absolute atomic E-state index is 0.0452. The SMILES string of the molecule is CC(=O)CN(C)CCNC(=O)CC(C)(C)CC(C)C. The van der Waals surface area contributed by atoms with E-state index in [1.165, 1.54) is 0 Å². The van der Waals surface area contributed by atoms with Crippen LogP contribution in [0.5, 0.6) is 0 Å². The first-order valence-corrected chi connectivity index (χ1v) is 7.07. The zero-order valence-corrected chi connectivity index (χ0v) is 13.4. The molecule has 0 fully saturated rings. The normalized spacial score (nSPS) is 12.0. The number of nitrogens with zero attached hydrogens (tertiary/aromatic N) is 1. The summed E-state index contributed by atoms with van der Waals surface area (Å²) in [5.41, 5.74) is 0.0452. The lowest BCUT2D eigenvalue weighted by atomic mass is 9.81. The zero-order valence-electron chi connectivity index (χ0n) is 13.4. The summed E-state index contributed by atoms with van der Waals surface area (Å²) in [4.78, 5) is 24.7. The third-order valence-corrected chi connectivity index (χ3v) is 2.91. The average molecular weight is 270 g/mol. The lowest BCUT2D eigenvalue weighted by molar-refractivity contribution is -0.123. The van der Waals surface area contributed by atoms with E-state index in [9.17, 15) is 9.59 Å². The van der Waals surface area contributed by atoms with E-state index in [0.717, 1.165) is 6.42 Å². The summed E-state index contributed by atoms with van der Waals surface area (Å²) in [7, 11) is 1.89. The Labute approximate surface area is 117 Å². The molecular weight excluding hydrogens is 240 g/mol. The maximum Gasteiger partial charge on any atom is 0.220 e. The summed E-state index contributed by atoms with van der Waals surface area (Å²) in [5.74, 6) is 0.846. The summed E-state index contributed by atoms with van der Waals surface area (Å²) in [6, 6.07) is 0. The fourth-order valence-electron chi connectivity index (χ4n) is 2.52. The number of rotatable bonds is 9. The first-order valence-electron chi connectivity index (χ1n) is 7.07. The predicted octanol–water partition coefficient (Wildman–Crippen LogP) is 2.09. The second-order valence-corrected chi connectivity index (χ2v) is 6.73. The van der Waals surface area contributed by atoms with Crippen LogP contribution in [-0.4, -0.2) is 43.3 Å². The molecule has 0 rings (SSSR count). The van der Waals surface area contributed by atoms with Crippen molar-refractivity contribution in [1.29, 1.82) is 0 Å². The second-order valence-electron chi connectivity index (χ2n) is 6.73. The van der Waals surface area contributed by atoms with Crippen LogP contribution in [0.25, 0.3) is 0 Å². The van der Waals surface area contributed by atoms with Gasteiger partial charge in [-0.1, -0.05) is 27.7 Å². The fourth-order valence-corrected chi connectivity index (χ4v) is 2.52. The Balaban J connectivity index is 3.90. The molecule has 0 radical (unpaired) electrons. The van der Waals surface area contributed by atoms with Crippen LogP contribution in [0.3, 0.4) is 0 Å². The summed E-state index contributed by atoms with van der Waals surface area (Å²) >= 11 is 0. The molecule has 0 aromatic carbocycles. The van der Waals surface area contributed by atoms with Gasteiger partial charge in [-0.05, 0) is 31.7 Å². The molecule has 0 aliphatic heterocycles. The van der Waals surface area contributed by atoms with Crippen molar-refractivity contribution in [3.8, 4) is 0 Å². The molecule has 0 aromatic heterocycles. The van der Waals surface area contributed by atoms with Crippen molar-refractivity contribution < 1.29 is 9.59 Å². The van der Waals surface area contributed by atoms with Gasteiger partial charge in [0.25, 0.3) is 0 Å². The average Bonchev–Trinajstić information content (AvgIpc) is 2.12. The van der Waals surface area contributed by atoms with E-state index in [0.29, 0.717) is 32.0 Å². The smallest absolute Gasteiger partial charge is 0.220 e. The third kappa shape index (κ3) is 10.7. The molecule has 0 bridgehead atoms. The maximum absolute atomic E-state index is 11.8. The molecule has 0 aromatic rings. The Hall–Kier alpha value is -0.900. The largest absolute Gasteiger partial charge is 0.355 e. The van der Waals surface area contributed by atoms with Crippen LogP contribution in [-0.2, 0) is 9.59 Å². The van der Waals surface area contributed by atoms with E-state index < -0.39 is 0 Å². The summed E-state index contributed by atoms with van der Waals surface area (Å²) in [6.45, 7) is 11.9. The standard InChI is InChI=1S/C15H30N2O2/c1-12(2)9-15(4,5)10-14(19)16-7-8-17(6)11-13(3)18/h12H,7-11H2,1-6H3,(H,16,19). The molecule has 0 heterocycles.